The minimum atomic E-state index is -4.93. The smallest absolute Gasteiger partial charge is 0.379 e. The Balaban J connectivity index is 1.52. The third-order valence-corrected chi connectivity index (χ3v) is 11.5. The Bertz CT molecular complexity index is 2080. The molecule has 2 N–H and O–H groups in total. The number of likely N-dealkylation sites (tertiary alicyclic amines) is 1. The zero-order chi connectivity index (χ0) is 39.5. The van der Waals surface area contributed by atoms with Gasteiger partial charge in [-0.25, -0.2) is 13.4 Å². The zero-order valence-electron chi connectivity index (χ0n) is 30.4. The molecule has 2 aliphatic heterocycles. The van der Waals surface area contributed by atoms with E-state index in [9.17, 15) is 39.6 Å². The molecule has 16 heteroatoms. The molecule has 2 fully saturated rings. The molecular weight excluding hydrogens is 749 g/mol. The van der Waals surface area contributed by atoms with Crippen molar-refractivity contribution in [3.05, 3.63) is 95.1 Å². The summed E-state index contributed by atoms with van der Waals surface area (Å²) in [4.78, 5) is 23.7. The van der Waals surface area contributed by atoms with Gasteiger partial charge in [-0.05, 0) is 67.7 Å². The number of piperidine rings is 1. The number of fused-ring (bicyclic) bond motifs is 1. The summed E-state index contributed by atoms with van der Waals surface area (Å²) in [5, 5.41) is 2.20. The SMILES string of the molecule is CC(C)CS(=O)(=O)Nc1ccc2nc(-c3cccc(C(F)(F)F)c3)c(CN3CCC(N4CCOCC4)CC3)c(C(=O)NC(c3ccccc3)C(F)(F)F)c2c1. The molecule has 0 saturated carbocycles. The van der Waals surface area contributed by atoms with Crippen molar-refractivity contribution in [2.24, 2.45) is 5.92 Å². The maximum atomic E-state index is 14.7. The van der Waals surface area contributed by atoms with Crippen LogP contribution >= 0.6 is 0 Å². The average molecular weight is 792 g/mol. The van der Waals surface area contributed by atoms with E-state index in [2.05, 4.69) is 14.9 Å². The summed E-state index contributed by atoms with van der Waals surface area (Å²) in [6, 6.07) is 13.2. The minimum Gasteiger partial charge on any atom is -0.379 e. The number of hydrogen-bond donors (Lipinski definition) is 2. The van der Waals surface area contributed by atoms with Crippen LogP contribution in [0.2, 0.25) is 0 Å². The molecule has 0 aliphatic carbocycles. The van der Waals surface area contributed by atoms with Gasteiger partial charge in [-0.15, -0.1) is 0 Å². The highest BCUT2D eigenvalue weighted by Gasteiger charge is 2.43. The fraction of sp³-hybridized carbons (Fsp3) is 0.436. The Labute approximate surface area is 316 Å². The summed E-state index contributed by atoms with van der Waals surface area (Å²) in [6.07, 6.45) is -8.16. The molecule has 55 heavy (non-hydrogen) atoms. The Hall–Kier alpha value is -4.25. The van der Waals surface area contributed by atoms with Crippen LogP contribution in [0, 0.1) is 5.92 Å². The summed E-state index contributed by atoms with van der Waals surface area (Å²) in [6.45, 7) is 7.31. The molecule has 0 spiro atoms. The van der Waals surface area contributed by atoms with Crippen LogP contribution in [0.4, 0.5) is 32.0 Å². The third-order valence-electron chi connectivity index (χ3n) is 9.84. The molecule has 1 aromatic heterocycles. The molecule has 6 rings (SSSR count). The number of hydrogen-bond acceptors (Lipinski definition) is 7. The van der Waals surface area contributed by atoms with E-state index in [1.165, 1.54) is 54.6 Å². The Morgan fingerprint density at radius 1 is 0.909 bits per heavy atom. The first kappa shape index (κ1) is 40.4. The number of rotatable bonds is 11. The molecule has 0 bridgehead atoms. The molecule has 9 nitrogen and oxygen atoms in total. The highest BCUT2D eigenvalue weighted by atomic mass is 32.2. The van der Waals surface area contributed by atoms with Gasteiger partial charge in [0.05, 0.1) is 41.3 Å². The first-order chi connectivity index (χ1) is 26.0. The van der Waals surface area contributed by atoms with Crippen molar-refractivity contribution < 1.29 is 44.3 Å². The number of benzene rings is 3. The quantitative estimate of drug-likeness (QED) is 0.151. The van der Waals surface area contributed by atoms with Gasteiger partial charge in [0.25, 0.3) is 5.91 Å². The van der Waals surface area contributed by atoms with Gasteiger partial charge in [0.15, 0.2) is 6.04 Å². The number of ether oxygens (including phenoxy) is 1. The first-order valence-corrected chi connectivity index (χ1v) is 19.7. The second kappa shape index (κ2) is 16.5. The summed E-state index contributed by atoms with van der Waals surface area (Å²) >= 11 is 0. The van der Waals surface area contributed by atoms with Gasteiger partial charge in [-0.3, -0.25) is 19.3 Å². The topological polar surface area (TPSA) is 104 Å². The molecule has 3 aromatic carbocycles. The lowest BCUT2D eigenvalue weighted by Gasteiger charge is -2.40. The van der Waals surface area contributed by atoms with Gasteiger partial charge in [0.2, 0.25) is 10.0 Å². The van der Waals surface area contributed by atoms with Crippen molar-refractivity contribution >= 4 is 32.5 Å². The van der Waals surface area contributed by atoms with Crippen molar-refractivity contribution in [2.45, 2.75) is 57.7 Å². The van der Waals surface area contributed by atoms with Gasteiger partial charge in [0, 0.05) is 47.9 Å². The lowest BCUT2D eigenvalue weighted by atomic mass is 9.93. The van der Waals surface area contributed by atoms with Crippen LogP contribution < -0.4 is 10.0 Å². The van der Waals surface area contributed by atoms with Crippen LogP contribution in [0.1, 0.15) is 59.8 Å². The lowest BCUT2D eigenvalue weighted by molar-refractivity contribution is -0.155. The number of halogens is 6. The standard InChI is InChI=1S/C39H43F6N5O4S/c1-25(2)24-55(52,53)48-29-11-12-33-31(22-29)34(37(51)47-36(39(43,44)45)26-7-4-3-5-8-26)32(35(46-33)27-9-6-10-28(21-27)38(40,41)42)23-49-15-13-30(14-16-49)50-17-19-54-20-18-50/h3-12,21-22,25,30,36,48H,13-20,23-24H2,1-2H3,(H,47,51). The highest BCUT2D eigenvalue weighted by Crippen LogP contribution is 2.38. The highest BCUT2D eigenvalue weighted by molar-refractivity contribution is 7.92. The largest absolute Gasteiger partial charge is 0.416 e. The van der Waals surface area contributed by atoms with E-state index in [0.29, 0.717) is 26.3 Å². The Kier molecular flexibility index (Phi) is 12.1. The van der Waals surface area contributed by atoms with Gasteiger partial charge in [0.1, 0.15) is 0 Å². The van der Waals surface area contributed by atoms with E-state index in [-0.39, 0.29) is 68.8 Å². The predicted molar refractivity (Wildman–Crippen MR) is 198 cm³/mol. The second-order valence-electron chi connectivity index (χ2n) is 14.4. The van der Waals surface area contributed by atoms with E-state index in [1.807, 2.05) is 4.90 Å². The van der Waals surface area contributed by atoms with Crippen LogP contribution in [0.25, 0.3) is 22.2 Å². The average Bonchev–Trinajstić information content (AvgIpc) is 3.13. The van der Waals surface area contributed by atoms with Crippen LogP contribution in [0.5, 0.6) is 0 Å². The number of anilines is 1. The predicted octanol–water partition coefficient (Wildman–Crippen LogP) is 7.65. The normalized spacial score (nSPS) is 17.4. The van der Waals surface area contributed by atoms with E-state index in [4.69, 9.17) is 9.72 Å². The van der Waals surface area contributed by atoms with E-state index >= 15 is 0 Å². The van der Waals surface area contributed by atoms with Crippen molar-refractivity contribution in [2.75, 3.05) is 49.9 Å². The molecule has 1 atom stereocenters. The molecule has 2 aliphatic rings. The van der Waals surface area contributed by atoms with E-state index in [0.717, 1.165) is 38.1 Å². The van der Waals surface area contributed by atoms with E-state index in [1.54, 1.807) is 19.9 Å². The summed E-state index contributed by atoms with van der Waals surface area (Å²) < 4.78 is 120. The Morgan fingerprint density at radius 2 is 1.60 bits per heavy atom. The van der Waals surface area contributed by atoms with Crippen LogP contribution in [-0.4, -0.2) is 86.5 Å². The monoisotopic (exact) mass is 791 g/mol. The fourth-order valence-electron chi connectivity index (χ4n) is 7.33. The molecule has 296 valence electrons. The number of carbonyl (C=O) groups excluding carboxylic acids is 1. The zero-order valence-corrected chi connectivity index (χ0v) is 31.2. The molecule has 3 heterocycles. The number of aromatic nitrogens is 1. The van der Waals surface area contributed by atoms with Gasteiger partial charge in [-0.1, -0.05) is 56.3 Å². The van der Waals surface area contributed by atoms with Crippen molar-refractivity contribution in [3.63, 3.8) is 0 Å². The van der Waals surface area contributed by atoms with Crippen LogP contribution in [0.3, 0.4) is 0 Å². The number of morpholine rings is 1. The Morgan fingerprint density at radius 3 is 2.24 bits per heavy atom. The molecule has 1 unspecified atom stereocenters. The number of nitrogens with zero attached hydrogens (tertiary/aromatic N) is 3. The van der Waals surface area contributed by atoms with Crippen molar-refractivity contribution in [3.8, 4) is 11.3 Å². The number of pyridine rings is 1. The molecule has 4 aromatic rings. The third kappa shape index (κ3) is 9.95. The number of amides is 1. The van der Waals surface area contributed by atoms with E-state index < -0.39 is 39.9 Å². The van der Waals surface area contributed by atoms with Crippen LogP contribution in [0.15, 0.2) is 72.8 Å². The lowest BCUT2D eigenvalue weighted by Crippen LogP contribution is -2.48. The fourth-order valence-corrected chi connectivity index (χ4v) is 8.78. The molecule has 1 amide bonds. The number of alkyl halides is 6. The number of carbonyl (C=O) groups is 1. The summed E-state index contributed by atoms with van der Waals surface area (Å²) in [5.74, 6) is -1.60. The number of nitrogens with one attached hydrogen (secondary N) is 2. The van der Waals surface area contributed by atoms with Gasteiger partial charge < -0.3 is 10.1 Å². The first-order valence-electron chi connectivity index (χ1n) is 18.1. The molecular formula is C39H43F6N5O4S. The van der Waals surface area contributed by atoms with Gasteiger partial charge in [-0.2, -0.15) is 26.3 Å². The maximum Gasteiger partial charge on any atom is 0.416 e. The minimum absolute atomic E-state index is 0.00420. The van der Waals surface area contributed by atoms with Crippen LogP contribution in [-0.2, 0) is 27.5 Å². The summed E-state index contributed by atoms with van der Waals surface area (Å²) in [7, 11) is -3.87. The van der Waals surface area contributed by atoms with Crippen molar-refractivity contribution in [1.82, 2.24) is 20.1 Å². The number of sulfonamides is 1. The summed E-state index contributed by atoms with van der Waals surface area (Å²) in [5.41, 5.74) is -1.20. The van der Waals surface area contributed by atoms with Crippen molar-refractivity contribution in [1.29, 1.82) is 0 Å². The molecule has 0 radical (unpaired) electrons. The maximum absolute atomic E-state index is 14.7. The second-order valence-corrected chi connectivity index (χ2v) is 16.2. The van der Waals surface area contributed by atoms with Gasteiger partial charge >= 0.3 is 12.4 Å². The molecule has 2 saturated heterocycles.